The summed E-state index contributed by atoms with van der Waals surface area (Å²) in [4.78, 5) is 11.9. The number of aliphatic hydroxyl groups is 1. The fraction of sp³-hybridized carbons (Fsp3) is 0.0588. The lowest BCUT2D eigenvalue weighted by molar-refractivity contribution is 0.0950. The number of rotatable bonds is 4. The van der Waals surface area contributed by atoms with Crippen molar-refractivity contribution in [3.05, 3.63) is 65.3 Å². The second-order valence-corrected chi connectivity index (χ2v) is 5.82. The van der Waals surface area contributed by atoms with E-state index in [-0.39, 0.29) is 17.5 Å². The molecule has 0 saturated carbocycles. The highest BCUT2D eigenvalue weighted by Gasteiger charge is 2.13. The third kappa shape index (κ3) is 4.08. The minimum atomic E-state index is -0.449. The molecule has 128 valence electrons. The molecule has 1 aromatic carbocycles. The first kappa shape index (κ1) is 17.2. The third-order valence-electron chi connectivity index (χ3n) is 3.28. The van der Waals surface area contributed by atoms with Crippen molar-refractivity contribution in [2.45, 2.75) is 6.61 Å². The lowest BCUT2D eigenvalue weighted by Gasteiger charge is -2.10. The van der Waals surface area contributed by atoms with Crippen molar-refractivity contribution >= 4 is 40.5 Å². The predicted octanol–water partition coefficient (Wildman–Crippen LogP) is 3.81. The molecule has 0 radical (unpaired) electrons. The van der Waals surface area contributed by atoms with Gasteiger partial charge in [-0.25, -0.2) is 0 Å². The number of halogens is 1. The first-order valence-electron chi connectivity index (χ1n) is 7.22. The van der Waals surface area contributed by atoms with E-state index in [1.54, 1.807) is 36.4 Å². The van der Waals surface area contributed by atoms with Crippen molar-refractivity contribution in [3.8, 4) is 11.3 Å². The topological polar surface area (TPSA) is 87.6 Å². The van der Waals surface area contributed by atoms with Crippen LogP contribution in [0, 0.1) is 0 Å². The number of hydrogen-bond donors (Lipinski definition) is 3. The van der Waals surface area contributed by atoms with Crippen molar-refractivity contribution in [3.63, 3.8) is 0 Å². The largest absolute Gasteiger partial charge is 0.459 e. The zero-order valence-corrected chi connectivity index (χ0v) is 14.4. The van der Waals surface area contributed by atoms with Gasteiger partial charge in [-0.1, -0.05) is 11.6 Å². The zero-order valence-electron chi connectivity index (χ0n) is 12.8. The first-order chi connectivity index (χ1) is 12.1. The predicted molar refractivity (Wildman–Crippen MR) is 97.5 cm³/mol. The van der Waals surface area contributed by atoms with Crippen molar-refractivity contribution < 1.29 is 18.7 Å². The van der Waals surface area contributed by atoms with E-state index in [0.29, 0.717) is 27.8 Å². The Balaban J connectivity index is 1.73. The molecule has 0 spiro atoms. The number of hydrogen-bond acceptors (Lipinski definition) is 5. The van der Waals surface area contributed by atoms with Crippen LogP contribution >= 0.6 is 23.8 Å². The van der Waals surface area contributed by atoms with Gasteiger partial charge in [-0.2, -0.15) is 0 Å². The molecule has 3 N–H and O–H groups in total. The lowest BCUT2D eigenvalue weighted by Crippen LogP contribution is -2.33. The molecule has 0 aliphatic carbocycles. The molecule has 1 amide bonds. The van der Waals surface area contributed by atoms with E-state index in [4.69, 9.17) is 37.8 Å². The number of amides is 1. The van der Waals surface area contributed by atoms with E-state index >= 15 is 0 Å². The highest BCUT2D eigenvalue weighted by atomic mass is 35.5. The van der Waals surface area contributed by atoms with Gasteiger partial charge in [0.2, 0.25) is 0 Å². The van der Waals surface area contributed by atoms with E-state index in [2.05, 4.69) is 10.6 Å². The van der Waals surface area contributed by atoms with E-state index in [9.17, 15) is 4.79 Å². The standard InChI is InChI=1S/C17H13ClN2O4S/c18-13-5-3-10(8-12(13)14-6-4-11(9-21)24-14)19-17(25)20-16(22)15-2-1-7-23-15/h1-8,21H,9H2,(H2,19,20,22,25). The van der Waals surface area contributed by atoms with Gasteiger partial charge in [-0.15, -0.1) is 0 Å². The molecule has 25 heavy (non-hydrogen) atoms. The summed E-state index contributed by atoms with van der Waals surface area (Å²) < 4.78 is 10.5. The molecule has 8 heteroatoms. The molecule has 0 saturated heterocycles. The summed E-state index contributed by atoms with van der Waals surface area (Å²) in [7, 11) is 0. The van der Waals surface area contributed by atoms with E-state index in [1.807, 2.05) is 0 Å². The van der Waals surface area contributed by atoms with Crippen LogP contribution in [0.1, 0.15) is 16.3 Å². The fourth-order valence-electron chi connectivity index (χ4n) is 2.13. The van der Waals surface area contributed by atoms with Crippen LogP contribution in [0.15, 0.2) is 57.6 Å². The molecule has 0 bridgehead atoms. The monoisotopic (exact) mass is 376 g/mol. The van der Waals surface area contributed by atoms with Gasteiger partial charge in [-0.3, -0.25) is 10.1 Å². The van der Waals surface area contributed by atoms with Gasteiger partial charge in [-0.05, 0) is 54.7 Å². The SMILES string of the molecule is O=C(NC(=S)Nc1ccc(Cl)c(-c2ccc(CO)o2)c1)c1ccco1. The Kier molecular flexibility index (Phi) is 5.18. The number of benzene rings is 1. The maximum atomic E-state index is 11.9. The van der Waals surface area contributed by atoms with E-state index in [0.717, 1.165) is 0 Å². The Morgan fingerprint density at radius 3 is 2.76 bits per heavy atom. The van der Waals surface area contributed by atoms with Gasteiger partial charge in [0.05, 0.1) is 11.3 Å². The fourth-order valence-corrected chi connectivity index (χ4v) is 2.56. The average molecular weight is 377 g/mol. The summed E-state index contributed by atoms with van der Waals surface area (Å²) >= 11 is 11.3. The highest BCUT2D eigenvalue weighted by Crippen LogP contribution is 2.32. The summed E-state index contributed by atoms with van der Waals surface area (Å²) in [5.74, 6) is 0.664. The van der Waals surface area contributed by atoms with Crippen LogP contribution in [0.4, 0.5) is 5.69 Å². The summed E-state index contributed by atoms with van der Waals surface area (Å²) in [6, 6.07) is 11.7. The Bertz CT molecular complexity index is 905. The van der Waals surface area contributed by atoms with Crippen LogP contribution < -0.4 is 10.6 Å². The summed E-state index contributed by atoms with van der Waals surface area (Å²) in [5.41, 5.74) is 1.25. The molecule has 2 aromatic heterocycles. The van der Waals surface area contributed by atoms with Crippen molar-refractivity contribution in [2.24, 2.45) is 0 Å². The van der Waals surface area contributed by atoms with Gasteiger partial charge in [0.25, 0.3) is 5.91 Å². The molecule has 0 fully saturated rings. The van der Waals surface area contributed by atoms with Crippen LogP contribution in [-0.4, -0.2) is 16.1 Å². The minimum Gasteiger partial charge on any atom is -0.459 e. The maximum absolute atomic E-state index is 11.9. The molecular formula is C17H13ClN2O4S. The molecule has 6 nitrogen and oxygen atoms in total. The molecule has 0 atom stereocenters. The number of anilines is 1. The second kappa shape index (κ2) is 7.52. The Morgan fingerprint density at radius 2 is 2.08 bits per heavy atom. The first-order valence-corrected chi connectivity index (χ1v) is 8.01. The number of aliphatic hydroxyl groups excluding tert-OH is 1. The van der Waals surface area contributed by atoms with Crippen molar-refractivity contribution in [2.75, 3.05) is 5.32 Å². The molecule has 2 heterocycles. The summed E-state index contributed by atoms with van der Waals surface area (Å²) in [5, 5.41) is 15.1. The van der Waals surface area contributed by atoms with Gasteiger partial charge < -0.3 is 19.3 Å². The van der Waals surface area contributed by atoms with Gasteiger partial charge >= 0.3 is 0 Å². The third-order valence-corrected chi connectivity index (χ3v) is 3.81. The number of nitrogens with one attached hydrogen (secondary N) is 2. The smallest absolute Gasteiger partial charge is 0.293 e. The molecule has 0 aliphatic rings. The van der Waals surface area contributed by atoms with Crippen LogP contribution in [0.5, 0.6) is 0 Å². The van der Waals surface area contributed by atoms with Gasteiger partial charge in [0.1, 0.15) is 18.1 Å². The quantitative estimate of drug-likeness (QED) is 0.600. The molecular weight excluding hydrogens is 364 g/mol. The Hall–Kier alpha value is -2.61. The molecule has 0 unspecified atom stereocenters. The Morgan fingerprint density at radius 1 is 1.24 bits per heavy atom. The maximum Gasteiger partial charge on any atom is 0.293 e. The van der Waals surface area contributed by atoms with Crippen molar-refractivity contribution in [1.82, 2.24) is 5.32 Å². The average Bonchev–Trinajstić information content (AvgIpc) is 3.28. The van der Waals surface area contributed by atoms with Crippen LogP contribution in [0.3, 0.4) is 0 Å². The lowest BCUT2D eigenvalue weighted by atomic mass is 10.1. The van der Waals surface area contributed by atoms with Crippen molar-refractivity contribution in [1.29, 1.82) is 0 Å². The van der Waals surface area contributed by atoms with E-state index in [1.165, 1.54) is 12.3 Å². The molecule has 3 rings (SSSR count). The van der Waals surface area contributed by atoms with Gasteiger partial charge in [0, 0.05) is 11.3 Å². The Labute approximate surface area is 153 Å². The minimum absolute atomic E-state index is 0.116. The summed E-state index contributed by atoms with van der Waals surface area (Å²) in [6.07, 6.45) is 1.40. The second-order valence-electron chi connectivity index (χ2n) is 5.00. The van der Waals surface area contributed by atoms with Crippen LogP contribution in [-0.2, 0) is 6.61 Å². The number of carbonyl (C=O) groups is 1. The van der Waals surface area contributed by atoms with E-state index < -0.39 is 5.91 Å². The molecule has 3 aromatic rings. The van der Waals surface area contributed by atoms with Crippen LogP contribution in [0.25, 0.3) is 11.3 Å². The highest BCUT2D eigenvalue weighted by molar-refractivity contribution is 7.80. The van der Waals surface area contributed by atoms with Gasteiger partial charge in [0.15, 0.2) is 10.9 Å². The molecule has 0 aliphatic heterocycles. The number of furan rings is 2. The summed E-state index contributed by atoms with van der Waals surface area (Å²) in [6.45, 7) is -0.196. The normalized spacial score (nSPS) is 10.5. The number of carbonyl (C=O) groups excluding carboxylic acids is 1. The number of thiocarbonyl (C=S) groups is 1. The van der Waals surface area contributed by atoms with Crippen LogP contribution in [0.2, 0.25) is 5.02 Å². The zero-order chi connectivity index (χ0) is 17.8.